The van der Waals surface area contributed by atoms with E-state index in [0.29, 0.717) is 25.6 Å². The van der Waals surface area contributed by atoms with E-state index in [-0.39, 0.29) is 24.0 Å². The first-order valence-corrected chi connectivity index (χ1v) is 11.6. The summed E-state index contributed by atoms with van der Waals surface area (Å²) in [6, 6.07) is 16.6. The second-order valence-corrected chi connectivity index (χ2v) is 8.32. The number of aromatic nitrogens is 2. The third-order valence-corrected chi connectivity index (χ3v) is 5.64. The minimum Gasteiger partial charge on any atom is -0.493 e. The molecule has 7 nitrogen and oxygen atoms in total. The van der Waals surface area contributed by atoms with Gasteiger partial charge in [-0.2, -0.15) is 5.10 Å². The molecule has 0 amide bonds. The Kier molecular flexibility index (Phi) is 10.2. The Morgan fingerprint density at radius 1 is 1.21 bits per heavy atom. The molecule has 1 aliphatic heterocycles. The summed E-state index contributed by atoms with van der Waals surface area (Å²) in [6.07, 6.45) is 4.78. The van der Waals surface area contributed by atoms with Crippen LogP contribution in [0.15, 0.2) is 65.9 Å². The van der Waals surface area contributed by atoms with Crippen molar-refractivity contribution in [2.24, 2.45) is 10.9 Å². The molecule has 1 fully saturated rings. The van der Waals surface area contributed by atoms with Crippen LogP contribution in [0.2, 0.25) is 0 Å². The number of halogens is 1. The predicted octanol–water partition coefficient (Wildman–Crippen LogP) is 4.47. The van der Waals surface area contributed by atoms with Gasteiger partial charge in [-0.3, -0.25) is 0 Å². The lowest BCUT2D eigenvalue weighted by Gasteiger charge is -2.17. The molecule has 4 rings (SSSR count). The molecule has 34 heavy (non-hydrogen) atoms. The maximum absolute atomic E-state index is 6.18. The Balaban J connectivity index is 0.00000324. The monoisotopic (exact) mass is 575 g/mol. The van der Waals surface area contributed by atoms with Crippen LogP contribution in [0.4, 0.5) is 0 Å². The van der Waals surface area contributed by atoms with Crippen molar-refractivity contribution < 1.29 is 9.47 Å². The number of hydrogen-bond donors (Lipinski definition) is 2. The van der Waals surface area contributed by atoms with E-state index in [0.717, 1.165) is 54.7 Å². The molecule has 0 radical (unpaired) electrons. The van der Waals surface area contributed by atoms with Gasteiger partial charge >= 0.3 is 0 Å². The lowest BCUT2D eigenvalue weighted by molar-refractivity contribution is 0.166. The first-order valence-electron chi connectivity index (χ1n) is 11.6. The number of nitrogens with one attached hydrogen (secondary N) is 2. The van der Waals surface area contributed by atoms with Crippen LogP contribution in [0.5, 0.6) is 5.75 Å². The first kappa shape index (κ1) is 26.0. The minimum atomic E-state index is 0. The van der Waals surface area contributed by atoms with Gasteiger partial charge in [0.2, 0.25) is 0 Å². The maximum atomic E-state index is 6.18. The SMILES string of the molecule is CCNC(=NCc1ccc(-n2cccn2)cc1)NCc1ccc(C)cc1OCC1CCOC1.I. The summed E-state index contributed by atoms with van der Waals surface area (Å²) in [4.78, 5) is 4.76. The van der Waals surface area contributed by atoms with Crippen LogP contribution in [-0.4, -0.2) is 42.1 Å². The zero-order chi connectivity index (χ0) is 22.9. The summed E-state index contributed by atoms with van der Waals surface area (Å²) in [6.45, 7) is 8.51. The molecule has 0 aliphatic carbocycles. The molecule has 1 unspecified atom stereocenters. The van der Waals surface area contributed by atoms with E-state index in [1.54, 1.807) is 6.20 Å². The minimum absolute atomic E-state index is 0. The van der Waals surface area contributed by atoms with E-state index >= 15 is 0 Å². The highest BCUT2D eigenvalue weighted by Crippen LogP contribution is 2.22. The Labute approximate surface area is 219 Å². The molecule has 0 saturated carbocycles. The van der Waals surface area contributed by atoms with Crippen molar-refractivity contribution >= 4 is 29.9 Å². The van der Waals surface area contributed by atoms with Crippen molar-refractivity contribution in [3.05, 3.63) is 77.6 Å². The van der Waals surface area contributed by atoms with E-state index in [9.17, 15) is 0 Å². The standard InChI is InChI=1S/C26H33N5O2.HI/c1-3-27-26(28-16-21-6-9-24(10-7-21)31-13-4-12-30-31)29-17-23-8-5-20(2)15-25(23)33-19-22-11-14-32-18-22;/h4-10,12-13,15,22H,3,11,14,16-19H2,1-2H3,(H2,27,28,29);1H. The number of rotatable bonds is 9. The van der Waals surface area contributed by atoms with Crippen LogP contribution in [0.1, 0.15) is 30.0 Å². The van der Waals surface area contributed by atoms with Crippen LogP contribution in [-0.2, 0) is 17.8 Å². The lowest BCUT2D eigenvalue weighted by atomic mass is 10.1. The number of aryl methyl sites for hydroxylation is 1. The van der Waals surface area contributed by atoms with Crippen molar-refractivity contribution in [3.8, 4) is 11.4 Å². The van der Waals surface area contributed by atoms with Gasteiger partial charge in [-0.1, -0.05) is 24.3 Å². The quantitative estimate of drug-likeness (QED) is 0.224. The molecule has 0 spiro atoms. The first-order chi connectivity index (χ1) is 16.2. The largest absolute Gasteiger partial charge is 0.493 e. The number of hydrogen-bond acceptors (Lipinski definition) is 4. The topological polar surface area (TPSA) is 72.7 Å². The van der Waals surface area contributed by atoms with Gasteiger partial charge in [-0.25, -0.2) is 9.67 Å². The second-order valence-electron chi connectivity index (χ2n) is 8.32. The third-order valence-electron chi connectivity index (χ3n) is 5.64. The molecule has 0 bridgehead atoms. The van der Waals surface area contributed by atoms with Crippen LogP contribution < -0.4 is 15.4 Å². The summed E-state index contributed by atoms with van der Waals surface area (Å²) in [7, 11) is 0. The van der Waals surface area contributed by atoms with E-state index in [4.69, 9.17) is 14.5 Å². The molecule has 2 aromatic carbocycles. The Morgan fingerprint density at radius 2 is 2.06 bits per heavy atom. The molecular formula is C26H34IN5O2. The highest BCUT2D eigenvalue weighted by atomic mass is 127. The number of guanidine groups is 1. The summed E-state index contributed by atoms with van der Waals surface area (Å²) in [5.74, 6) is 2.19. The van der Waals surface area contributed by atoms with Crippen LogP contribution >= 0.6 is 24.0 Å². The number of ether oxygens (including phenoxy) is 2. The van der Waals surface area contributed by atoms with Gasteiger partial charge in [0.1, 0.15) is 5.75 Å². The zero-order valence-corrected chi connectivity index (χ0v) is 22.2. The molecule has 2 heterocycles. The van der Waals surface area contributed by atoms with Gasteiger partial charge in [0.15, 0.2) is 5.96 Å². The van der Waals surface area contributed by atoms with Crippen LogP contribution in [0.25, 0.3) is 5.69 Å². The van der Waals surface area contributed by atoms with E-state index in [1.807, 2.05) is 16.9 Å². The van der Waals surface area contributed by atoms with Crippen molar-refractivity contribution in [2.45, 2.75) is 33.4 Å². The molecule has 3 aromatic rings. The number of aliphatic imine (C=N–C) groups is 1. The molecular weight excluding hydrogens is 541 g/mol. The fraction of sp³-hybridized carbons (Fsp3) is 0.385. The normalized spacial score (nSPS) is 15.6. The van der Waals surface area contributed by atoms with Gasteiger partial charge < -0.3 is 20.1 Å². The molecule has 8 heteroatoms. The van der Waals surface area contributed by atoms with E-state index in [1.165, 1.54) is 5.56 Å². The van der Waals surface area contributed by atoms with Gasteiger partial charge in [-0.05, 0) is 55.7 Å². The van der Waals surface area contributed by atoms with Gasteiger partial charge in [-0.15, -0.1) is 24.0 Å². The summed E-state index contributed by atoms with van der Waals surface area (Å²) in [5.41, 5.74) is 4.49. The zero-order valence-electron chi connectivity index (χ0n) is 19.9. The van der Waals surface area contributed by atoms with E-state index < -0.39 is 0 Å². The summed E-state index contributed by atoms with van der Waals surface area (Å²) in [5, 5.41) is 11.0. The Bertz CT molecular complexity index is 1030. The predicted molar refractivity (Wildman–Crippen MR) is 146 cm³/mol. The van der Waals surface area contributed by atoms with E-state index in [2.05, 4.69) is 72.0 Å². The van der Waals surface area contributed by atoms with Crippen molar-refractivity contribution in [2.75, 3.05) is 26.4 Å². The van der Waals surface area contributed by atoms with Gasteiger partial charge in [0.25, 0.3) is 0 Å². The molecule has 1 atom stereocenters. The molecule has 1 aromatic heterocycles. The highest BCUT2D eigenvalue weighted by molar-refractivity contribution is 14.0. The lowest BCUT2D eigenvalue weighted by Crippen LogP contribution is -2.36. The summed E-state index contributed by atoms with van der Waals surface area (Å²) >= 11 is 0. The average Bonchev–Trinajstić information content (AvgIpc) is 3.55. The maximum Gasteiger partial charge on any atom is 0.191 e. The second kappa shape index (κ2) is 13.3. The molecule has 2 N–H and O–H groups in total. The number of nitrogens with zero attached hydrogens (tertiary/aromatic N) is 3. The average molecular weight is 575 g/mol. The Morgan fingerprint density at radius 3 is 2.76 bits per heavy atom. The van der Waals surface area contributed by atoms with Gasteiger partial charge in [0.05, 0.1) is 25.4 Å². The highest BCUT2D eigenvalue weighted by Gasteiger charge is 2.17. The van der Waals surface area contributed by atoms with Crippen LogP contribution in [0.3, 0.4) is 0 Å². The third kappa shape index (κ3) is 7.46. The summed E-state index contributed by atoms with van der Waals surface area (Å²) < 4.78 is 13.5. The molecule has 1 aliphatic rings. The van der Waals surface area contributed by atoms with Crippen LogP contribution in [0, 0.1) is 12.8 Å². The molecule has 1 saturated heterocycles. The number of benzene rings is 2. The van der Waals surface area contributed by atoms with Gasteiger partial charge in [0, 0.05) is 43.6 Å². The Hall–Kier alpha value is -2.59. The fourth-order valence-electron chi connectivity index (χ4n) is 3.73. The van der Waals surface area contributed by atoms with Crippen molar-refractivity contribution in [1.82, 2.24) is 20.4 Å². The smallest absolute Gasteiger partial charge is 0.191 e. The molecule has 182 valence electrons. The van der Waals surface area contributed by atoms with Crippen molar-refractivity contribution in [3.63, 3.8) is 0 Å². The van der Waals surface area contributed by atoms with Crippen molar-refractivity contribution in [1.29, 1.82) is 0 Å². The fourth-order valence-corrected chi connectivity index (χ4v) is 3.73.